The van der Waals surface area contributed by atoms with Crippen LogP contribution in [0.4, 0.5) is 0 Å². The molecule has 1 atom stereocenters. The third kappa shape index (κ3) is 4.09. The fourth-order valence-electron chi connectivity index (χ4n) is 2.06. The molecule has 0 aliphatic rings. The number of rotatable bonds is 7. The van der Waals surface area contributed by atoms with E-state index in [1.807, 2.05) is 6.92 Å². The lowest BCUT2D eigenvalue weighted by Gasteiger charge is -2.34. The molecule has 0 heterocycles. The zero-order valence-corrected chi connectivity index (χ0v) is 9.79. The van der Waals surface area contributed by atoms with Crippen LogP contribution in [0.1, 0.15) is 47.0 Å². The van der Waals surface area contributed by atoms with Crippen LogP contribution in [-0.4, -0.2) is 34.6 Å². The van der Waals surface area contributed by atoms with Gasteiger partial charge >= 0.3 is 5.97 Å². The average molecular weight is 201 g/mol. The normalized spacial score (nSPS) is 13.6. The molecule has 1 unspecified atom stereocenters. The van der Waals surface area contributed by atoms with E-state index in [-0.39, 0.29) is 12.5 Å². The fraction of sp³-hybridized carbons (Fsp3) is 0.909. The molecule has 0 amide bonds. The minimum atomic E-state index is -0.707. The zero-order valence-electron chi connectivity index (χ0n) is 9.79. The lowest BCUT2D eigenvalue weighted by atomic mass is 10.1. The van der Waals surface area contributed by atoms with Gasteiger partial charge in [0.15, 0.2) is 0 Å². The first kappa shape index (κ1) is 13.4. The molecule has 14 heavy (non-hydrogen) atoms. The van der Waals surface area contributed by atoms with Crippen molar-refractivity contribution in [3.05, 3.63) is 0 Å². The van der Waals surface area contributed by atoms with E-state index in [0.29, 0.717) is 6.04 Å². The molecular weight excluding hydrogens is 178 g/mol. The highest BCUT2D eigenvalue weighted by molar-refractivity contribution is 5.67. The maximum Gasteiger partial charge on any atom is 0.304 e. The van der Waals surface area contributed by atoms with Crippen LogP contribution in [-0.2, 0) is 4.79 Å². The Hall–Kier alpha value is -0.570. The van der Waals surface area contributed by atoms with Gasteiger partial charge in [0.25, 0.3) is 0 Å². The Morgan fingerprint density at radius 2 is 1.79 bits per heavy atom. The number of carboxylic acid groups (broad SMARTS) is 1. The molecule has 3 heteroatoms. The van der Waals surface area contributed by atoms with Crippen LogP contribution in [0.25, 0.3) is 0 Å². The van der Waals surface area contributed by atoms with Crippen LogP contribution in [0.3, 0.4) is 0 Å². The van der Waals surface area contributed by atoms with Gasteiger partial charge in [-0.15, -0.1) is 0 Å². The topological polar surface area (TPSA) is 40.5 Å². The predicted octanol–water partition coefficient (Wildman–Crippen LogP) is 2.36. The monoisotopic (exact) mass is 201 g/mol. The minimum absolute atomic E-state index is 0.141. The first-order valence-corrected chi connectivity index (χ1v) is 5.54. The van der Waals surface area contributed by atoms with E-state index < -0.39 is 5.97 Å². The van der Waals surface area contributed by atoms with Gasteiger partial charge in [-0.3, -0.25) is 9.69 Å². The lowest BCUT2D eigenvalue weighted by molar-refractivity contribution is -0.138. The fourth-order valence-corrected chi connectivity index (χ4v) is 2.06. The summed E-state index contributed by atoms with van der Waals surface area (Å²) in [4.78, 5) is 12.9. The number of carbonyl (C=O) groups is 1. The Kier molecular flexibility index (Phi) is 6.54. The predicted molar refractivity (Wildman–Crippen MR) is 58.5 cm³/mol. The molecule has 3 nitrogen and oxygen atoms in total. The van der Waals surface area contributed by atoms with Crippen LogP contribution in [0.5, 0.6) is 0 Å². The highest BCUT2D eigenvalue weighted by atomic mass is 16.4. The SMILES string of the molecule is CCC(CC)N(CC)C(C)CC(=O)O. The van der Waals surface area contributed by atoms with Crippen molar-refractivity contribution in [3.8, 4) is 0 Å². The van der Waals surface area contributed by atoms with Crippen molar-refractivity contribution in [1.29, 1.82) is 0 Å². The summed E-state index contributed by atoms with van der Waals surface area (Å²) in [5, 5.41) is 8.73. The summed E-state index contributed by atoms with van der Waals surface area (Å²) in [6.45, 7) is 9.34. The van der Waals surface area contributed by atoms with E-state index in [1.165, 1.54) is 0 Å². The van der Waals surface area contributed by atoms with E-state index in [1.54, 1.807) is 0 Å². The third-order valence-corrected chi connectivity index (χ3v) is 2.81. The summed E-state index contributed by atoms with van der Waals surface area (Å²) in [7, 11) is 0. The number of hydrogen-bond acceptors (Lipinski definition) is 2. The third-order valence-electron chi connectivity index (χ3n) is 2.81. The molecule has 0 aromatic carbocycles. The second-order valence-electron chi connectivity index (χ2n) is 3.75. The van der Waals surface area contributed by atoms with Gasteiger partial charge in [-0.05, 0) is 26.3 Å². The molecule has 0 saturated heterocycles. The molecule has 0 aliphatic carbocycles. The molecule has 1 N–H and O–H groups in total. The second kappa shape index (κ2) is 6.82. The molecular formula is C11H23NO2. The Labute approximate surface area is 87.1 Å². The maximum absolute atomic E-state index is 10.6. The van der Waals surface area contributed by atoms with Crippen molar-refractivity contribution in [2.75, 3.05) is 6.54 Å². The van der Waals surface area contributed by atoms with Crippen molar-refractivity contribution in [1.82, 2.24) is 4.90 Å². The largest absolute Gasteiger partial charge is 0.481 e. The van der Waals surface area contributed by atoms with Gasteiger partial charge in [-0.25, -0.2) is 0 Å². The number of nitrogens with zero attached hydrogens (tertiary/aromatic N) is 1. The molecule has 0 radical (unpaired) electrons. The van der Waals surface area contributed by atoms with E-state index in [0.717, 1.165) is 19.4 Å². The Bertz CT molecular complexity index is 167. The van der Waals surface area contributed by atoms with Gasteiger partial charge in [0, 0.05) is 12.1 Å². The molecule has 0 aliphatic heterocycles. The van der Waals surface area contributed by atoms with Crippen LogP contribution in [0, 0.1) is 0 Å². The first-order valence-electron chi connectivity index (χ1n) is 5.54. The number of aliphatic carboxylic acids is 1. The first-order chi connectivity index (χ1) is 6.56. The van der Waals surface area contributed by atoms with Gasteiger partial charge in [-0.1, -0.05) is 20.8 Å². The Morgan fingerprint density at radius 3 is 2.07 bits per heavy atom. The molecule has 0 aromatic rings. The zero-order chi connectivity index (χ0) is 11.1. The van der Waals surface area contributed by atoms with Crippen molar-refractivity contribution in [3.63, 3.8) is 0 Å². The summed E-state index contributed by atoms with van der Waals surface area (Å²) in [5.41, 5.74) is 0. The van der Waals surface area contributed by atoms with Crippen molar-refractivity contribution < 1.29 is 9.90 Å². The summed E-state index contributed by atoms with van der Waals surface area (Å²) < 4.78 is 0. The van der Waals surface area contributed by atoms with Gasteiger partial charge in [0.1, 0.15) is 0 Å². The highest BCUT2D eigenvalue weighted by Gasteiger charge is 2.20. The van der Waals surface area contributed by atoms with E-state index >= 15 is 0 Å². The van der Waals surface area contributed by atoms with Gasteiger partial charge in [0.05, 0.1) is 6.42 Å². The summed E-state index contributed by atoms with van der Waals surface area (Å²) in [6.07, 6.45) is 2.42. The number of carboxylic acids is 1. The molecule has 0 rings (SSSR count). The van der Waals surface area contributed by atoms with Crippen LogP contribution in [0.2, 0.25) is 0 Å². The minimum Gasteiger partial charge on any atom is -0.481 e. The van der Waals surface area contributed by atoms with Gasteiger partial charge < -0.3 is 5.11 Å². The molecule has 0 spiro atoms. The standard InChI is InChI=1S/C11H23NO2/c1-5-10(6-2)12(7-3)9(4)8-11(13)14/h9-10H,5-8H2,1-4H3,(H,13,14). The summed E-state index contributed by atoms with van der Waals surface area (Å²) >= 11 is 0. The molecule has 0 bridgehead atoms. The van der Waals surface area contributed by atoms with Gasteiger partial charge in [-0.2, -0.15) is 0 Å². The summed E-state index contributed by atoms with van der Waals surface area (Å²) in [5.74, 6) is -0.707. The molecule has 84 valence electrons. The van der Waals surface area contributed by atoms with E-state index in [9.17, 15) is 4.79 Å². The quantitative estimate of drug-likeness (QED) is 0.687. The van der Waals surface area contributed by atoms with Crippen LogP contribution >= 0.6 is 0 Å². The molecule has 0 aromatic heterocycles. The van der Waals surface area contributed by atoms with Gasteiger partial charge in [0.2, 0.25) is 0 Å². The van der Waals surface area contributed by atoms with E-state index in [4.69, 9.17) is 5.11 Å². The van der Waals surface area contributed by atoms with Crippen LogP contribution in [0.15, 0.2) is 0 Å². The smallest absolute Gasteiger partial charge is 0.304 e. The van der Waals surface area contributed by atoms with Crippen molar-refractivity contribution in [2.24, 2.45) is 0 Å². The number of hydrogen-bond donors (Lipinski definition) is 1. The maximum atomic E-state index is 10.6. The average Bonchev–Trinajstić information content (AvgIpc) is 2.12. The second-order valence-corrected chi connectivity index (χ2v) is 3.75. The Balaban J connectivity index is 4.29. The van der Waals surface area contributed by atoms with Crippen LogP contribution < -0.4 is 0 Å². The van der Waals surface area contributed by atoms with E-state index in [2.05, 4.69) is 25.7 Å². The summed E-state index contributed by atoms with van der Waals surface area (Å²) in [6, 6.07) is 0.664. The van der Waals surface area contributed by atoms with Crippen molar-refractivity contribution in [2.45, 2.75) is 59.0 Å². The molecule has 0 saturated carbocycles. The lowest BCUT2D eigenvalue weighted by Crippen LogP contribution is -2.42. The molecule has 0 fully saturated rings. The highest BCUT2D eigenvalue weighted by Crippen LogP contribution is 2.14. The van der Waals surface area contributed by atoms with Crippen molar-refractivity contribution >= 4 is 5.97 Å². The Morgan fingerprint density at radius 1 is 1.29 bits per heavy atom.